The summed E-state index contributed by atoms with van der Waals surface area (Å²) in [4.78, 5) is 16.5. The monoisotopic (exact) mass is 337 g/mol. The minimum Gasteiger partial charge on any atom is -0.279 e. The van der Waals surface area contributed by atoms with Crippen molar-refractivity contribution in [1.29, 1.82) is 0 Å². The average Bonchev–Trinajstić information content (AvgIpc) is 3.05. The quantitative estimate of drug-likeness (QED) is 0.535. The SMILES string of the molecule is Cn1c(=O)c2ccccc2n2c(SCCc3ccncc3)nnc12. The molecule has 6 nitrogen and oxygen atoms in total. The number of aromatic nitrogens is 5. The minimum absolute atomic E-state index is 0.0566. The van der Waals surface area contributed by atoms with E-state index >= 15 is 0 Å². The van der Waals surface area contributed by atoms with E-state index in [1.165, 1.54) is 5.56 Å². The van der Waals surface area contributed by atoms with Gasteiger partial charge in [-0.3, -0.25) is 18.7 Å². The van der Waals surface area contributed by atoms with Crippen molar-refractivity contribution < 1.29 is 0 Å². The molecular formula is C17H15N5OS. The first-order valence-electron chi connectivity index (χ1n) is 7.60. The van der Waals surface area contributed by atoms with Gasteiger partial charge in [0.05, 0.1) is 10.9 Å². The third-order valence-electron chi connectivity index (χ3n) is 3.97. The lowest BCUT2D eigenvalue weighted by molar-refractivity contribution is 0.853. The summed E-state index contributed by atoms with van der Waals surface area (Å²) in [5, 5.41) is 9.95. The highest BCUT2D eigenvalue weighted by Gasteiger charge is 2.14. The Morgan fingerprint density at radius 3 is 2.71 bits per heavy atom. The normalized spacial score (nSPS) is 11.4. The first kappa shape index (κ1) is 14.9. The van der Waals surface area contributed by atoms with Crippen molar-refractivity contribution in [2.75, 3.05) is 5.75 Å². The highest BCUT2D eigenvalue weighted by atomic mass is 32.2. The predicted octanol–water partition coefficient (Wildman–Crippen LogP) is 2.31. The Hall–Kier alpha value is -2.67. The second kappa shape index (κ2) is 6.09. The van der Waals surface area contributed by atoms with Crippen LogP contribution in [-0.4, -0.2) is 29.9 Å². The Balaban J connectivity index is 1.73. The Labute approximate surface area is 142 Å². The average molecular weight is 337 g/mol. The lowest BCUT2D eigenvalue weighted by Crippen LogP contribution is -2.20. The number of benzene rings is 1. The number of aryl methyl sites for hydroxylation is 2. The summed E-state index contributed by atoms with van der Waals surface area (Å²) < 4.78 is 3.50. The van der Waals surface area contributed by atoms with Gasteiger partial charge in [-0.25, -0.2) is 0 Å². The van der Waals surface area contributed by atoms with Crippen LogP contribution in [0.15, 0.2) is 58.7 Å². The van der Waals surface area contributed by atoms with E-state index in [1.807, 2.05) is 40.8 Å². The van der Waals surface area contributed by atoms with E-state index in [9.17, 15) is 4.79 Å². The van der Waals surface area contributed by atoms with Crippen LogP contribution in [0.5, 0.6) is 0 Å². The Morgan fingerprint density at radius 1 is 1.08 bits per heavy atom. The van der Waals surface area contributed by atoms with Crippen LogP contribution in [-0.2, 0) is 13.5 Å². The molecule has 0 radical (unpaired) electrons. The Kier molecular flexibility index (Phi) is 3.78. The number of rotatable bonds is 4. The largest absolute Gasteiger partial charge is 0.279 e. The van der Waals surface area contributed by atoms with Gasteiger partial charge in [-0.15, -0.1) is 10.2 Å². The third kappa shape index (κ3) is 2.46. The number of hydrogen-bond acceptors (Lipinski definition) is 5. The van der Waals surface area contributed by atoms with Gasteiger partial charge < -0.3 is 0 Å². The number of para-hydroxylation sites is 1. The molecule has 0 saturated carbocycles. The highest BCUT2D eigenvalue weighted by molar-refractivity contribution is 7.99. The molecule has 120 valence electrons. The van der Waals surface area contributed by atoms with Crippen molar-refractivity contribution in [2.45, 2.75) is 11.6 Å². The molecule has 7 heteroatoms. The molecule has 0 N–H and O–H groups in total. The minimum atomic E-state index is -0.0566. The molecule has 24 heavy (non-hydrogen) atoms. The zero-order chi connectivity index (χ0) is 16.5. The molecule has 1 aromatic carbocycles. The summed E-state index contributed by atoms with van der Waals surface area (Å²) in [5.41, 5.74) is 2.02. The zero-order valence-corrected chi connectivity index (χ0v) is 13.9. The summed E-state index contributed by atoms with van der Waals surface area (Å²) in [6.45, 7) is 0. The number of hydrogen-bond donors (Lipinski definition) is 0. The van der Waals surface area contributed by atoms with E-state index in [0.717, 1.165) is 22.8 Å². The van der Waals surface area contributed by atoms with E-state index in [-0.39, 0.29) is 5.56 Å². The summed E-state index contributed by atoms with van der Waals surface area (Å²) in [7, 11) is 1.73. The van der Waals surface area contributed by atoms with E-state index in [4.69, 9.17) is 0 Å². The van der Waals surface area contributed by atoms with Crippen molar-refractivity contribution in [2.24, 2.45) is 7.05 Å². The van der Waals surface area contributed by atoms with Crippen molar-refractivity contribution in [3.8, 4) is 0 Å². The fourth-order valence-electron chi connectivity index (χ4n) is 2.71. The predicted molar refractivity (Wildman–Crippen MR) is 94.4 cm³/mol. The molecule has 3 heterocycles. The fraction of sp³-hybridized carbons (Fsp3) is 0.176. The van der Waals surface area contributed by atoms with Gasteiger partial charge in [-0.2, -0.15) is 0 Å². The van der Waals surface area contributed by atoms with Crippen molar-refractivity contribution in [3.05, 3.63) is 64.7 Å². The topological polar surface area (TPSA) is 65.1 Å². The molecule has 0 spiro atoms. The second-order valence-electron chi connectivity index (χ2n) is 5.45. The van der Waals surface area contributed by atoms with Crippen LogP contribution in [0.25, 0.3) is 16.7 Å². The van der Waals surface area contributed by atoms with Crippen LogP contribution in [0.1, 0.15) is 5.56 Å². The van der Waals surface area contributed by atoms with Crippen LogP contribution >= 0.6 is 11.8 Å². The molecular weight excluding hydrogens is 322 g/mol. The van der Waals surface area contributed by atoms with Gasteiger partial charge in [0.25, 0.3) is 5.56 Å². The summed E-state index contributed by atoms with van der Waals surface area (Å²) in [6, 6.07) is 11.6. The van der Waals surface area contributed by atoms with Crippen molar-refractivity contribution in [1.82, 2.24) is 24.1 Å². The maximum absolute atomic E-state index is 12.4. The second-order valence-corrected chi connectivity index (χ2v) is 6.52. The summed E-state index contributed by atoms with van der Waals surface area (Å²) in [5.74, 6) is 1.44. The molecule has 0 atom stereocenters. The number of nitrogens with zero attached hydrogens (tertiary/aromatic N) is 5. The molecule has 0 aliphatic heterocycles. The molecule has 4 aromatic rings. The van der Waals surface area contributed by atoms with E-state index in [2.05, 4.69) is 15.2 Å². The zero-order valence-electron chi connectivity index (χ0n) is 13.1. The van der Waals surface area contributed by atoms with Crippen LogP contribution in [0.2, 0.25) is 0 Å². The molecule has 0 aliphatic carbocycles. The Morgan fingerprint density at radius 2 is 1.88 bits per heavy atom. The summed E-state index contributed by atoms with van der Waals surface area (Å²) in [6.07, 6.45) is 4.53. The molecule has 0 aliphatic rings. The highest BCUT2D eigenvalue weighted by Crippen LogP contribution is 2.21. The van der Waals surface area contributed by atoms with Gasteiger partial charge in [-0.1, -0.05) is 23.9 Å². The number of thioether (sulfide) groups is 1. The third-order valence-corrected chi connectivity index (χ3v) is 4.90. The number of fused-ring (bicyclic) bond motifs is 3. The van der Waals surface area contributed by atoms with Gasteiger partial charge in [0.15, 0.2) is 5.16 Å². The van der Waals surface area contributed by atoms with Crippen LogP contribution in [0.4, 0.5) is 0 Å². The maximum atomic E-state index is 12.4. The smallest absolute Gasteiger partial charge is 0.262 e. The van der Waals surface area contributed by atoms with Gasteiger partial charge in [0.1, 0.15) is 0 Å². The standard InChI is InChI=1S/C17H15N5OS/c1-21-15(23)13-4-2-3-5-14(13)22-16(21)19-20-17(22)24-11-8-12-6-9-18-10-7-12/h2-7,9-10H,8,11H2,1H3. The molecule has 0 unspecified atom stereocenters. The van der Waals surface area contributed by atoms with Crippen molar-refractivity contribution >= 4 is 28.4 Å². The van der Waals surface area contributed by atoms with Crippen molar-refractivity contribution in [3.63, 3.8) is 0 Å². The van der Waals surface area contributed by atoms with Gasteiger partial charge in [-0.05, 0) is 36.2 Å². The molecule has 4 rings (SSSR count). The van der Waals surface area contributed by atoms with E-state index in [0.29, 0.717) is 11.2 Å². The lowest BCUT2D eigenvalue weighted by atomic mass is 10.2. The van der Waals surface area contributed by atoms with E-state index in [1.54, 1.807) is 35.8 Å². The van der Waals surface area contributed by atoms with Crippen LogP contribution < -0.4 is 5.56 Å². The first-order valence-corrected chi connectivity index (χ1v) is 8.59. The van der Waals surface area contributed by atoms with E-state index < -0.39 is 0 Å². The summed E-state index contributed by atoms with van der Waals surface area (Å²) >= 11 is 1.63. The van der Waals surface area contributed by atoms with Gasteiger partial charge in [0.2, 0.25) is 5.78 Å². The fourth-order valence-corrected chi connectivity index (χ4v) is 3.64. The van der Waals surface area contributed by atoms with Crippen LogP contribution in [0.3, 0.4) is 0 Å². The molecule has 0 saturated heterocycles. The number of pyridine rings is 1. The Bertz CT molecular complexity index is 1070. The maximum Gasteiger partial charge on any atom is 0.262 e. The van der Waals surface area contributed by atoms with Gasteiger partial charge >= 0.3 is 0 Å². The molecule has 0 fully saturated rings. The van der Waals surface area contributed by atoms with Gasteiger partial charge in [0, 0.05) is 25.2 Å². The van der Waals surface area contributed by atoms with Crippen LogP contribution in [0, 0.1) is 0 Å². The lowest BCUT2D eigenvalue weighted by Gasteiger charge is -2.07. The molecule has 3 aromatic heterocycles. The first-order chi connectivity index (χ1) is 11.8. The molecule has 0 amide bonds. The molecule has 0 bridgehead atoms.